The van der Waals surface area contributed by atoms with Gasteiger partial charge >= 0.3 is 12.1 Å². The van der Waals surface area contributed by atoms with Crippen molar-refractivity contribution in [2.45, 2.75) is 13.1 Å². The minimum absolute atomic E-state index is 0.229. The Bertz CT molecular complexity index is 636. The smallest absolute Gasteiger partial charge is 0.419 e. The van der Waals surface area contributed by atoms with E-state index in [1.807, 2.05) is 0 Å². The molecule has 0 aliphatic rings. The topological polar surface area (TPSA) is 80.9 Å². The van der Waals surface area contributed by atoms with Gasteiger partial charge in [0.05, 0.1) is 11.8 Å². The Hall–Kier alpha value is -2.45. The normalized spacial score (nSPS) is 11.6. The molecular weight excluding hydrogens is 265 g/mol. The number of alkyl halides is 3. The highest BCUT2D eigenvalue weighted by Gasteiger charge is 2.32. The molecule has 0 aliphatic carbocycles. The molecule has 0 unspecified atom stereocenters. The molecule has 0 atom stereocenters. The zero-order valence-electron chi connectivity index (χ0n) is 9.51. The Labute approximate surface area is 104 Å². The number of aromatic nitrogens is 4. The van der Waals surface area contributed by atoms with Gasteiger partial charge in [-0.3, -0.25) is 0 Å². The largest absolute Gasteiger partial charge is 0.477 e. The van der Waals surface area contributed by atoms with Crippen molar-refractivity contribution in [3.05, 3.63) is 35.4 Å². The Morgan fingerprint density at radius 1 is 1.37 bits per heavy atom. The Balaban J connectivity index is 2.47. The number of aromatic carboxylic acids is 1. The predicted molar refractivity (Wildman–Crippen MR) is 55.9 cm³/mol. The number of halogens is 3. The number of carboxylic acid groups (broad SMARTS) is 1. The molecule has 0 radical (unpaired) electrons. The monoisotopic (exact) mass is 272 g/mol. The third-order valence-electron chi connectivity index (χ3n) is 2.18. The molecule has 2 aromatic heterocycles. The van der Waals surface area contributed by atoms with E-state index in [1.54, 1.807) is 0 Å². The maximum absolute atomic E-state index is 12.4. The number of hydrogen-bond acceptors (Lipinski definition) is 4. The number of nitrogens with zero attached hydrogens (tertiary/aromatic N) is 4. The molecule has 0 aromatic carbocycles. The number of aryl methyl sites for hydroxylation is 1. The summed E-state index contributed by atoms with van der Waals surface area (Å²) in [6.07, 6.45) is -3.22. The highest BCUT2D eigenvalue weighted by atomic mass is 19.4. The molecule has 0 aliphatic heterocycles. The first kappa shape index (κ1) is 13.0. The highest BCUT2D eigenvalue weighted by molar-refractivity contribution is 5.85. The van der Waals surface area contributed by atoms with Gasteiger partial charge in [0.1, 0.15) is 0 Å². The van der Waals surface area contributed by atoms with Gasteiger partial charge in [0.15, 0.2) is 5.69 Å². The lowest BCUT2D eigenvalue weighted by molar-refractivity contribution is -0.137. The average molecular weight is 272 g/mol. The Morgan fingerprint density at radius 2 is 2.05 bits per heavy atom. The summed E-state index contributed by atoms with van der Waals surface area (Å²) in [5, 5.41) is 12.3. The molecule has 2 aromatic rings. The number of rotatable bonds is 2. The summed E-state index contributed by atoms with van der Waals surface area (Å²) in [4.78, 5) is 18.3. The second kappa shape index (κ2) is 4.34. The van der Waals surface area contributed by atoms with Gasteiger partial charge in [0, 0.05) is 11.9 Å². The zero-order chi connectivity index (χ0) is 14.2. The molecule has 0 saturated carbocycles. The molecule has 0 amide bonds. The van der Waals surface area contributed by atoms with Crippen molar-refractivity contribution in [1.29, 1.82) is 0 Å². The van der Waals surface area contributed by atoms with Crippen LogP contribution in [0.4, 0.5) is 13.2 Å². The van der Waals surface area contributed by atoms with Gasteiger partial charge in [-0.25, -0.2) is 19.4 Å². The molecule has 0 spiro atoms. The fourth-order valence-corrected chi connectivity index (χ4v) is 1.34. The van der Waals surface area contributed by atoms with Gasteiger partial charge in [-0.1, -0.05) is 0 Å². The van der Waals surface area contributed by atoms with Crippen LogP contribution in [0.25, 0.3) is 5.95 Å². The van der Waals surface area contributed by atoms with Crippen LogP contribution in [0.5, 0.6) is 0 Å². The standard InChI is InChI=1S/C10H7F3N4O2/c1-5-2-7(8(18)19)16-9(15-5)17-4-6(3-14-17)10(11,12)13/h2-4H,1H3,(H,18,19). The van der Waals surface area contributed by atoms with E-state index in [2.05, 4.69) is 15.1 Å². The van der Waals surface area contributed by atoms with Crippen molar-refractivity contribution in [1.82, 2.24) is 19.7 Å². The van der Waals surface area contributed by atoms with Crippen molar-refractivity contribution in [3.8, 4) is 5.95 Å². The molecule has 100 valence electrons. The van der Waals surface area contributed by atoms with Crippen LogP contribution >= 0.6 is 0 Å². The minimum atomic E-state index is -4.53. The summed E-state index contributed by atoms with van der Waals surface area (Å²) in [5.74, 6) is -1.53. The fourth-order valence-electron chi connectivity index (χ4n) is 1.34. The molecule has 0 bridgehead atoms. The lowest BCUT2D eigenvalue weighted by atomic mass is 10.3. The average Bonchev–Trinajstić information content (AvgIpc) is 2.76. The first-order chi connectivity index (χ1) is 8.77. The van der Waals surface area contributed by atoms with Crippen LogP contribution in [0.1, 0.15) is 21.7 Å². The molecule has 1 N–H and O–H groups in total. The summed E-state index contributed by atoms with van der Waals surface area (Å²) in [7, 11) is 0. The second-order valence-electron chi connectivity index (χ2n) is 3.67. The highest BCUT2D eigenvalue weighted by Crippen LogP contribution is 2.28. The Morgan fingerprint density at radius 3 is 2.58 bits per heavy atom. The number of carboxylic acids is 1. The van der Waals surface area contributed by atoms with Gasteiger partial charge in [0.25, 0.3) is 5.95 Å². The van der Waals surface area contributed by atoms with E-state index in [-0.39, 0.29) is 11.6 Å². The molecule has 2 heterocycles. The van der Waals surface area contributed by atoms with Gasteiger partial charge in [0.2, 0.25) is 0 Å². The SMILES string of the molecule is Cc1cc(C(=O)O)nc(-n2cc(C(F)(F)F)cn2)n1. The van der Waals surface area contributed by atoms with Gasteiger partial charge in [-0.05, 0) is 13.0 Å². The van der Waals surface area contributed by atoms with Crippen LogP contribution in [-0.4, -0.2) is 30.8 Å². The van der Waals surface area contributed by atoms with E-state index in [4.69, 9.17) is 5.11 Å². The summed E-state index contributed by atoms with van der Waals surface area (Å²) >= 11 is 0. The molecule has 0 saturated heterocycles. The van der Waals surface area contributed by atoms with E-state index in [0.29, 0.717) is 18.1 Å². The van der Waals surface area contributed by atoms with Crippen molar-refractivity contribution in [2.75, 3.05) is 0 Å². The predicted octanol–water partition coefficient (Wildman–Crippen LogP) is 1.69. The molecule has 19 heavy (non-hydrogen) atoms. The summed E-state index contributed by atoms with van der Waals surface area (Å²) < 4.78 is 38.0. The molecule has 6 nitrogen and oxygen atoms in total. The van der Waals surface area contributed by atoms with E-state index < -0.39 is 17.7 Å². The summed E-state index contributed by atoms with van der Waals surface area (Å²) in [5.41, 5.74) is -0.965. The lowest BCUT2D eigenvalue weighted by Gasteiger charge is -2.03. The fraction of sp³-hybridized carbons (Fsp3) is 0.200. The van der Waals surface area contributed by atoms with E-state index in [1.165, 1.54) is 13.0 Å². The second-order valence-corrected chi connectivity index (χ2v) is 3.67. The molecule has 9 heteroatoms. The van der Waals surface area contributed by atoms with Gasteiger partial charge in [-0.15, -0.1) is 0 Å². The maximum Gasteiger partial charge on any atom is 0.419 e. The first-order valence-electron chi connectivity index (χ1n) is 4.98. The van der Waals surface area contributed by atoms with Crippen molar-refractivity contribution < 1.29 is 23.1 Å². The Kier molecular flexibility index (Phi) is 2.97. The number of hydrogen-bond donors (Lipinski definition) is 1. The number of carbonyl (C=O) groups is 1. The van der Waals surface area contributed by atoms with Crippen molar-refractivity contribution >= 4 is 5.97 Å². The van der Waals surface area contributed by atoms with E-state index >= 15 is 0 Å². The van der Waals surface area contributed by atoms with E-state index in [0.717, 1.165) is 4.68 Å². The van der Waals surface area contributed by atoms with Crippen LogP contribution in [0.2, 0.25) is 0 Å². The van der Waals surface area contributed by atoms with Crippen molar-refractivity contribution in [2.24, 2.45) is 0 Å². The van der Waals surface area contributed by atoms with Gasteiger partial charge in [-0.2, -0.15) is 18.3 Å². The zero-order valence-corrected chi connectivity index (χ0v) is 9.51. The van der Waals surface area contributed by atoms with Crippen LogP contribution in [0.15, 0.2) is 18.5 Å². The van der Waals surface area contributed by atoms with Gasteiger partial charge < -0.3 is 5.11 Å². The quantitative estimate of drug-likeness (QED) is 0.899. The van der Waals surface area contributed by atoms with Crippen LogP contribution in [0.3, 0.4) is 0 Å². The molecule has 2 rings (SSSR count). The first-order valence-corrected chi connectivity index (χ1v) is 4.98. The van der Waals surface area contributed by atoms with E-state index in [9.17, 15) is 18.0 Å². The summed E-state index contributed by atoms with van der Waals surface area (Å²) in [6, 6.07) is 1.21. The minimum Gasteiger partial charge on any atom is -0.477 e. The molecular formula is C10H7F3N4O2. The van der Waals surface area contributed by atoms with Crippen molar-refractivity contribution in [3.63, 3.8) is 0 Å². The molecule has 0 fully saturated rings. The third-order valence-corrected chi connectivity index (χ3v) is 2.18. The maximum atomic E-state index is 12.4. The lowest BCUT2D eigenvalue weighted by Crippen LogP contribution is -2.09. The third kappa shape index (κ3) is 2.69. The van der Waals surface area contributed by atoms with Crippen LogP contribution in [0, 0.1) is 6.92 Å². The summed E-state index contributed by atoms with van der Waals surface area (Å²) in [6.45, 7) is 1.51. The van der Waals surface area contributed by atoms with Crippen LogP contribution in [-0.2, 0) is 6.18 Å². The van der Waals surface area contributed by atoms with Crippen LogP contribution < -0.4 is 0 Å².